The summed E-state index contributed by atoms with van der Waals surface area (Å²) >= 11 is 0. The number of nitrogens with one attached hydrogen (secondary N) is 1. The smallest absolute Gasteiger partial charge is 0.262 e. The summed E-state index contributed by atoms with van der Waals surface area (Å²) in [6.07, 6.45) is 4.91. The second-order valence-corrected chi connectivity index (χ2v) is 15.4. The third-order valence-electron chi connectivity index (χ3n) is 12.2. The van der Waals surface area contributed by atoms with E-state index in [-0.39, 0.29) is 24.8 Å². The number of piperidine rings is 2. The molecule has 4 aliphatic heterocycles. The van der Waals surface area contributed by atoms with E-state index in [1.807, 2.05) is 60.7 Å². The molecule has 5 aliphatic rings. The normalized spacial score (nSPS) is 24.2. The van der Waals surface area contributed by atoms with Crippen LogP contribution in [0.5, 0.6) is 11.5 Å². The number of imide groups is 2. The van der Waals surface area contributed by atoms with Crippen LogP contribution in [0.1, 0.15) is 58.9 Å². The SMILES string of the molecule is Nc1ncnc2c1c(-c1ccc(Oc3ccccc3)cc1)nn2C1CC2CCN(C3CN(c4ccc5c(c4)C(=O)N(C4CCC(=O)NC4=O)C5=O)C3)CC2C1. The Kier molecular flexibility index (Phi) is 7.91. The Labute approximate surface area is 316 Å². The van der Waals surface area contributed by atoms with Gasteiger partial charge < -0.3 is 15.4 Å². The fourth-order valence-corrected chi connectivity index (χ4v) is 9.32. The highest BCUT2D eigenvalue weighted by atomic mass is 16.5. The van der Waals surface area contributed by atoms with E-state index in [0.717, 1.165) is 89.8 Å². The average Bonchev–Trinajstić information content (AvgIpc) is 3.84. The van der Waals surface area contributed by atoms with E-state index in [1.54, 1.807) is 12.1 Å². The van der Waals surface area contributed by atoms with Crippen LogP contribution in [0, 0.1) is 11.8 Å². The molecule has 55 heavy (non-hydrogen) atoms. The zero-order valence-electron chi connectivity index (χ0n) is 30.0. The molecule has 1 aliphatic carbocycles. The van der Waals surface area contributed by atoms with Gasteiger partial charge in [0.2, 0.25) is 11.8 Å². The van der Waals surface area contributed by atoms with Crippen molar-refractivity contribution in [1.29, 1.82) is 0 Å². The molecule has 4 amide bonds. The predicted molar refractivity (Wildman–Crippen MR) is 202 cm³/mol. The van der Waals surface area contributed by atoms with E-state index >= 15 is 0 Å². The molecule has 14 nitrogen and oxygen atoms in total. The highest BCUT2D eigenvalue weighted by Gasteiger charge is 2.46. The molecule has 1 saturated carbocycles. The fourth-order valence-electron chi connectivity index (χ4n) is 9.32. The first-order valence-corrected chi connectivity index (χ1v) is 19.0. The third kappa shape index (κ3) is 5.70. The van der Waals surface area contributed by atoms with Crippen molar-refractivity contribution < 1.29 is 23.9 Å². The van der Waals surface area contributed by atoms with Crippen LogP contribution in [-0.2, 0) is 9.59 Å². The number of nitrogen functional groups attached to an aromatic ring is 1. The summed E-state index contributed by atoms with van der Waals surface area (Å²) in [5.41, 5.74) is 10.4. The molecule has 3 aromatic carbocycles. The van der Waals surface area contributed by atoms with Crippen LogP contribution >= 0.6 is 0 Å². The number of aromatic nitrogens is 4. The van der Waals surface area contributed by atoms with E-state index in [0.29, 0.717) is 34.8 Å². The first kappa shape index (κ1) is 33.4. The molecule has 0 bridgehead atoms. The number of carbonyl (C=O) groups excluding carboxylic acids is 4. The Morgan fingerprint density at radius 2 is 1.55 bits per heavy atom. The maximum Gasteiger partial charge on any atom is 0.262 e. The summed E-state index contributed by atoms with van der Waals surface area (Å²) in [7, 11) is 0. The lowest BCUT2D eigenvalue weighted by molar-refractivity contribution is -0.136. The van der Waals surface area contributed by atoms with Gasteiger partial charge in [-0.25, -0.2) is 14.6 Å². The van der Waals surface area contributed by atoms with Crippen molar-refractivity contribution in [2.45, 2.75) is 50.2 Å². The summed E-state index contributed by atoms with van der Waals surface area (Å²) in [5.74, 6) is 1.09. The van der Waals surface area contributed by atoms with E-state index < -0.39 is 23.8 Å². The number of fused-ring (bicyclic) bond motifs is 3. The molecule has 278 valence electrons. The number of hydrogen-bond acceptors (Lipinski definition) is 11. The first-order valence-electron chi connectivity index (χ1n) is 19.0. The Morgan fingerprint density at radius 3 is 2.35 bits per heavy atom. The number of nitrogens with two attached hydrogens (primary N) is 1. The van der Waals surface area contributed by atoms with Gasteiger partial charge in [0.15, 0.2) is 5.65 Å². The van der Waals surface area contributed by atoms with Crippen LogP contribution < -0.4 is 20.7 Å². The molecule has 2 aromatic heterocycles. The number of rotatable bonds is 7. The van der Waals surface area contributed by atoms with Gasteiger partial charge in [0.05, 0.1) is 22.6 Å². The topological polar surface area (TPSA) is 169 Å². The minimum Gasteiger partial charge on any atom is -0.457 e. The molecular weight excluding hydrogens is 699 g/mol. The van der Waals surface area contributed by atoms with Gasteiger partial charge in [0.25, 0.3) is 11.8 Å². The van der Waals surface area contributed by atoms with Crippen LogP contribution in [0.4, 0.5) is 11.5 Å². The molecule has 0 radical (unpaired) electrons. The van der Waals surface area contributed by atoms with Crippen molar-refractivity contribution in [3.8, 4) is 22.8 Å². The van der Waals surface area contributed by atoms with Crippen LogP contribution in [0.15, 0.2) is 79.1 Å². The fraction of sp³-hybridized carbons (Fsp3) is 0.341. The summed E-state index contributed by atoms with van der Waals surface area (Å²) in [5, 5.41) is 8.18. The lowest BCUT2D eigenvalue weighted by atomic mass is 9.87. The third-order valence-corrected chi connectivity index (χ3v) is 12.2. The summed E-state index contributed by atoms with van der Waals surface area (Å²) in [6.45, 7) is 3.71. The van der Waals surface area contributed by atoms with Crippen molar-refractivity contribution in [1.82, 2.24) is 34.9 Å². The van der Waals surface area contributed by atoms with Gasteiger partial charge in [-0.3, -0.25) is 34.3 Å². The number of hydrogen-bond donors (Lipinski definition) is 2. The van der Waals surface area contributed by atoms with Crippen LogP contribution in [0.25, 0.3) is 22.3 Å². The average molecular weight is 738 g/mol. The summed E-state index contributed by atoms with van der Waals surface area (Å²) in [6, 6.07) is 22.5. The molecule has 5 aromatic rings. The van der Waals surface area contributed by atoms with Crippen molar-refractivity contribution in [2.24, 2.45) is 11.8 Å². The van der Waals surface area contributed by atoms with E-state index in [9.17, 15) is 19.2 Å². The maximum atomic E-state index is 13.4. The highest BCUT2D eigenvalue weighted by Crippen LogP contribution is 2.46. The van der Waals surface area contributed by atoms with Crippen molar-refractivity contribution >= 4 is 46.2 Å². The van der Waals surface area contributed by atoms with Gasteiger partial charge in [0.1, 0.15) is 35.4 Å². The van der Waals surface area contributed by atoms with Gasteiger partial charge in [0, 0.05) is 43.3 Å². The summed E-state index contributed by atoms with van der Waals surface area (Å²) < 4.78 is 8.10. The minimum atomic E-state index is -0.973. The Hall–Kier alpha value is -6.15. The second-order valence-electron chi connectivity index (χ2n) is 15.4. The minimum absolute atomic E-state index is 0.0930. The number of para-hydroxylation sites is 1. The molecule has 10 rings (SSSR count). The number of benzene rings is 3. The molecule has 14 heteroatoms. The molecule has 3 saturated heterocycles. The summed E-state index contributed by atoms with van der Waals surface area (Å²) in [4.78, 5) is 65.5. The number of ether oxygens (including phenoxy) is 1. The van der Waals surface area contributed by atoms with Crippen molar-refractivity contribution in [2.75, 3.05) is 36.8 Å². The predicted octanol–water partition coefficient (Wildman–Crippen LogP) is 4.43. The molecule has 4 fully saturated rings. The highest BCUT2D eigenvalue weighted by molar-refractivity contribution is 6.23. The number of nitrogens with zero attached hydrogens (tertiary/aromatic N) is 7. The molecule has 0 spiro atoms. The van der Waals surface area contributed by atoms with E-state index in [4.69, 9.17) is 15.6 Å². The number of anilines is 2. The Bertz CT molecular complexity index is 2380. The molecule has 3 N–H and O–H groups in total. The monoisotopic (exact) mass is 737 g/mol. The van der Waals surface area contributed by atoms with Crippen molar-refractivity contribution in [3.05, 3.63) is 90.3 Å². The number of amides is 4. The van der Waals surface area contributed by atoms with Gasteiger partial charge >= 0.3 is 0 Å². The zero-order valence-corrected chi connectivity index (χ0v) is 30.0. The van der Waals surface area contributed by atoms with Gasteiger partial charge in [-0.15, -0.1) is 0 Å². The van der Waals surface area contributed by atoms with E-state index in [1.165, 1.54) is 6.33 Å². The van der Waals surface area contributed by atoms with Crippen LogP contribution in [-0.4, -0.2) is 91.4 Å². The zero-order chi connectivity index (χ0) is 37.4. The second kappa shape index (κ2) is 13.0. The quantitative estimate of drug-likeness (QED) is 0.227. The van der Waals surface area contributed by atoms with Gasteiger partial charge in [-0.1, -0.05) is 18.2 Å². The maximum absolute atomic E-state index is 13.4. The largest absolute Gasteiger partial charge is 0.457 e. The van der Waals surface area contributed by atoms with Crippen molar-refractivity contribution in [3.63, 3.8) is 0 Å². The van der Waals surface area contributed by atoms with Gasteiger partial charge in [-0.05, 0) is 98.7 Å². The lowest BCUT2D eigenvalue weighted by Gasteiger charge is -2.49. The molecular formula is C41H39N9O5. The molecule has 4 unspecified atom stereocenters. The van der Waals surface area contributed by atoms with Gasteiger partial charge in [-0.2, -0.15) is 5.10 Å². The molecule has 6 heterocycles. The van der Waals surface area contributed by atoms with E-state index in [2.05, 4.69) is 29.8 Å². The van der Waals surface area contributed by atoms with Crippen LogP contribution in [0.2, 0.25) is 0 Å². The lowest BCUT2D eigenvalue weighted by Crippen LogP contribution is -2.61. The Balaban J connectivity index is 0.803. The Morgan fingerprint density at radius 1 is 0.782 bits per heavy atom. The number of likely N-dealkylation sites (tertiary alicyclic amines) is 1. The first-order chi connectivity index (χ1) is 26.8. The number of carbonyl (C=O) groups is 4. The molecule has 4 atom stereocenters. The van der Waals surface area contributed by atoms with Crippen LogP contribution in [0.3, 0.4) is 0 Å². The standard InChI is InChI=1S/C41H39N9O5/c42-37-35-36(23-6-9-30(10-7-23)55-29-4-2-1-3-5-29)46-50(38(35)44-22-43-37)27-16-24-14-15-47(19-25(24)17-27)28-20-48(21-28)26-8-11-31-32(18-26)41(54)49(40(31)53)33-12-13-34(51)45-39(33)52/h1-11,18,22,24-25,27-28,33H,12-17,19-21H2,(H2,42,43,44)(H,45,51,52).